The molecule has 9 heteroatoms. The monoisotopic (exact) mass is 390 g/mol. The van der Waals surface area contributed by atoms with Crippen molar-refractivity contribution in [3.63, 3.8) is 0 Å². The molecule has 0 aliphatic carbocycles. The summed E-state index contributed by atoms with van der Waals surface area (Å²) >= 11 is 1.30. The molecular weight excluding hydrogens is 376 g/mol. The minimum Gasteiger partial charge on any atom is -0.438 e. The molecule has 0 aromatic carbocycles. The van der Waals surface area contributed by atoms with Gasteiger partial charge in [-0.2, -0.15) is 10.5 Å². The Morgan fingerprint density at radius 2 is 2.25 bits per heavy atom. The Balaban J connectivity index is 2.08. The molecule has 3 aromatic rings. The lowest BCUT2D eigenvalue weighted by atomic mass is 9.85. The molecule has 0 amide bonds. The number of hydrogen-bond acceptors (Lipinski definition) is 8. The van der Waals surface area contributed by atoms with Gasteiger partial charge in [-0.3, -0.25) is 9.78 Å². The average molecular weight is 390 g/mol. The number of pyridine rings is 2. The molecule has 4 heterocycles. The van der Waals surface area contributed by atoms with Crippen LogP contribution < -0.4 is 21.3 Å². The largest absolute Gasteiger partial charge is 0.438 e. The normalized spacial score (nSPS) is 15.5. The van der Waals surface area contributed by atoms with Gasteiger partial charge >= 0.3 is 0 Å². The lowest BCUT2D eigenvalue weighted by Crippen LogP contribution is -2.27. The second-order valence-corrected chi connectivity index (χ2v) is 7.08. The Morgan fingerprint density at radius 3 is 2.89 bits per heavy atom. The first-order valence-corrected chi connectivity index (χ1v) is 9.26. The zero-order valence-corrected chi connectivity index (χ0v) is 15.6. The van der Waals surface area contributed by atoms with Crippen LogP contribution in [0.3, 0.4) is 0 Å². The lowest BCUT2D eigenvalue weighted by molar-refractivity contribution is 0.397. The van der Waals surface area contributed by atoms with Gasteiger partial charge in [0.25, 0.3) is 5.56 Å². The third-order valence-corrected chi connectivity index (χ3v) is 5.63. The number of hydrogen-bond donors (Lipinski definition) is 3. The quantitative estimate of drug-likeness (QED) is 0.624. The Bertz CT molecular complexity index is 1260. The van der Waals surface area contributed by atoms with Crippen LogP contribution in [0.15, 0.2) is 40.8 Å². The van der Waals surface area contributed by atoms with Gasteiger partial charge < -0.3 is 20.8 Å². The molecule has 0 fully saturated rings. The highest BCUT2D eigenvalue weighted by Crippen LogP contribution is 2.47. The molecule has 1 aliphatic heterocycles. The van der Waals surface area contributed by atoms with Crippen molar-refractivity contribution in [3.8, 4) is 17.9 Å². The summed E-state index contributed by atoms with van der Waals surface area (Å²) < 4.78 is 6.33. The number of aromatic amines is 1. The molecule has 0 unspecified atom stereocenters. The topological polar surface area (TPSA) is 141 Å². The summed E-state index contributed by atoms with van der Waals surface area (Å²) in [4.78, 5) is 19.9. The Morgan fingerprint density at radius 1 is 1.43 bits per heavy atom. The summed E-state index contributed by atoms with van der Waals surface area (Å²) in [5, 5.41) is 23.0. The van der Waals surface area contributed by atoms with Crippen molar-refractivity contribution >= 4 is 26.6 Å². The van der Waals surface area contributed by atoms with Crippen LogP contribution in [0.25, 0.3) is 10.2 Å². The van der Waals surface area contributed by atoms with Crippen LogP contribution >= 0.6 is 11.3 Å². The van der Waals surface area contributed by atoms with Crippen molar-refractivity contribution in [1.29, 1.82) is 10.5 Å². The predicted molar refractivity (Wildman–Crippen MR) is 105 cm³/mol. The molecule has 0 radical (unpaired) electrons. The van der Waals surface area contributed by atoms with Crippen molar-refractivity contribution in [2.75, 3.05) is 11.9 Å². The van der Waals surface area contributed by atoms with E-state index in [2.05, 4.69) is 27.4 Å². The molecule has 1 aliphatic rings. The highest BCUT2D eigenvalue weighted by molar-refractivity contribution is 7.23. The van der Waals surface area contributed by atoms with E-state index in [9.17, 15) is 15.3 Å². The van der Waals surface area contributed by atoms with Crippen LogP contribution in [0.1, 0.15) is 29.5 Å². The zero-order chi connectivity index (χ0) is 19.8. The average Bonchev–Trinajstić information content (AvgIpc) is 3.05. The smallest absolute Gasteiger partial charge is 0.256 e. The standard InChI is InChI=1S/C19H14N6O2S/c1-2-24-19-11(7-21)14-16(28-19)15-13(18(26)25-14)12(9-4-3-5-23-8-9)10(6-20)17(22)27-15/h3-5,8,12,24H,2,22H2,1H3,(H,25,26)/t12-/m1/s1. The molecule has 0 saturated carbocycles. The number of thiophene rings is 1. The van der Waals surface area contributed by atoms with E-state index in [1.54, 1.807) is 24.5 Å². The molecule has 8 nitrogen and oxygen atoms in total. The zero-order valence-electron chi connectivity index (χ0n) is 14.7. The summed E-state index contributed by atoms with van der Waals surface area (Å²) in [5.41, 5.74) is 7.42. The third kappa shape index (κ3) is 2.49. The third-order valence-electron chi connectivity index (χ3n) is 4.48. The van der Waals surface area contributed by atoms with Crippen molar-refractivity contribution in [2.24, 2.45) is 5.73 Å². The van der Waals surface area contributed by atoms with E-state index in [4.69, 9.17) is 10.5 Å². The van der Waals surface area contributed by atoms with Crippen molar-refractivity contribution in [3.05, 3.63) is 63.0 Å². The highest BCUT2D eigenvalue weighted by atomic mass is 32.1. The van der Waals surface area contributed by atoms with E-state index in [0.717, 1.165) is 0 Å². The first kappa shape index (κ1) is 17.6. The number of fused-ring (bicyclic) bond motifs is 3. The Labute approximate surface area is 163 Å². The van der Waals surface area contributed by atoms with Gasteiger partial charge in [0, 0.05) is 18.9 Å². The van der Waals surface area contributed by atoms with E-state index in [1.165, 1.54) is 11.3 Å². The first-order valence-electron chi connectivity index (χ1n) is 8.44. The summed E-state index contributed by atoms with van der Waals surface area (Å²) in [6.45, 7) is 2.53. The van der Waals surface area contributed by atoms with Gasteiger partial charge in [-0.05, 0) is 18.6 Å². The summed E-state index contributed by atoms with van der Waals surface area (Å²) in [6.07, 6.45) is 3.20. The minimum atomic E-state index is -0.703. The molecular formula is C19H14N6O2S. The van der Waals surface area contributed by atoms with Gasteiger partial charge in [-0.1, -0.05) is 6.07 Å². The van der Waals surface area contributed by atoms with E-state index < -0.39 is 11.5 Å². The van der Waals surface area contributed by atoms with Crippen LogP contribution in [-0.2, 0) is 0 Å². The number of H-pyrrole nitrogens is 1. The molecule has 3 aromatic heterocycles. The number of nitrogens with zero attached hydrogens (tertiary/aromatic N) is 3. The number of allylic oxidation sites excluding steroid dienone is 1. The second-order valence-electron chi connectivity index (χ2n) is 6.06. The van der Waals surface area contributed by atoms with Crippen molar-refractivity contribution in [2.45, 2.75) is 12.8 Å². The first-order chi connectivity index (χ1) is 13.6. The fourth-order valence-corrected chi connectivity index (χ4v) is 4.49. The number of anilines is 1. The van der Waals surface area contributed by atoms with Crippen molar-refractivity contribution < 1.29 is 4.74 Å². The maximum absolute atomic E-state index is 13.0. The highest BCUT2D eigenvalue weighted by Gasteiger charge is 2.36. The predicted octanol–water partition coefficient (Wildman–Crippen LogP) is 2.51. The van der Waals surface area contributed by atoms with Gasteiger partial charge in [0.15, 0.2) is 5.75 Å². The van der Waals surface area contributed by atoms with Crippen LogP contribution in [0.5, 0.6) is 5.75 Å². The van der Waals surface area contributed by atoms with Gasteiger partial charge in [-0.25, -0.2) is 0 Å². The van der Waals surface area contributed by atoms with E-state index in [1.807, 2.05) is 6.92 Å². The van der Waals surface area contributed by atoms with Crippen LogP contribution in [0.4, 0.5) is 5.00 Å². The fourth-order valence-electron chi connectivity index (χ4n) is 3.32. The van der Waals surface area contributed by atoms with E-state index in [-0.39, 0.29) is 22.8 Å². The van der Waals surface area contributed by atoms with Crippen molar-refractivity contribution in [1.82, 2.24) is 9.97 Å². The minimum absolute atomic E-state index is 0.0624. The molecule has 4 rings (SSSR count). The fraction of sp³-hybridized carbons (Fsp3) is 0.158. The molecule has 138 valence electrons. The van der Waals surface area contributed by atoms with Gasteiger partial charge in [0.05, 0.1) is 21.7 Å². The van der Waals surface area contributed by atoms with Crippen LogP contribution in [-0.4, -0.2) is 16.5 Å². The summed E-state index contributed by atoms with van der Waals surface area (Å²) in [7, 11) is 0. The number of rotatable bonds is 3. The number of aromatic nitrogens is 2. The van der Waals surface area contributed by atoms with E-state index >= 15 is 0 Å². The molecule has 0 bridgehead atoms. The summed E-state index contributed by atoms with van der Waals surface area (Å²) in [6, 6.07) is 7.69. The maximum atomic E-state index is 13.0. The van der Waals surface area contributed by atoms with E-state index in [0.29, 0.717) is 32.9 Å². The molecule has 0 saturated heterocycles. The van der Waals surface area contributed by atoms with Gasteiger partial charge in [0.2, 0.25) is 5.88 Å². The van der Waals surface area contributed by atoms with Crippen LogP contribution in [0.2, 0.25) is 0 Å². The number of nitrogens with two attached hydrogens (primary N) is 1. The Kier molecular flexibility index (Phi) is 4.22. The summed E-state index contributed by atoms with van der Waals surface area (Å²) in [5.74, 6) is -0.492. The van der Waals surface area contributed by atoms with Gasteiger partial charge in [-0.15, -0.1) is 11.3 Å². The molecule has 28 heavy (non-hydrogen) atoms. The number of nitrogens with one attached hydrogen (secondary N) is 2. The Hall–Kier alpha value is -3.82. The molecule has 0 spiro atoms. The number of nitriles is 2. The maximum Gasteiger partial charge on any atom is 0.256 e. The SMILES string of the molecule is CCNc1sc2c3c(c(=O)[nH]c2c1C#N)[C@H](c1cccnc1)C(C#N)=C(N)O3. The number of ether oxygens (including phenoxy) is 1. The molecule has 4 N–H and O–H groups in total. The lowest BCUT2D eigenvalue weighted by Gasteiger charge is -2.25. The molecule has 1 atom stereocenters. The second kappa shape index (κ2) is 6.72. The van der Waals surface area contributed by atoms with Crippen LogP contribution in [0, 0.1) is 22.7 Å². The van der Waals surface area contributed by atoms with Gasteiger partial charge in [0.1, 0.15) is 28.3 Å².